The second kappa shape index (κ2) is 6.68. The lowest BCUT2D eigenvalue weighted by Crippen LogP contribution is -2.25. The summed E-state index contributed by atoms with van der Waals surface area (Å²) in [6.07, 6.45) is 1.57. The molecule has 1 aromatic heterocycles. The summed E-state index contributed by atoms with van der Waals surface area (Å²) < 4.78 is 1.74. The molecule has 0 fully saturated rings. The highest BCUT2D eigenvalue weighted by Crippen LogP contribution is 2.11. The molecule has 0 bridgehead atoms. The van der Waals surface area contributed by atoms with E-state index in [2.05, 4.69) is 27.4 Å². The van der Waals surface area contributed by atoms with Crippen LogP contribution >= 0.6 is 0 Å². The van der Waals surface area contributed by atoms with Crippen molar-refractivity contribution in [3.63, 3.8) is 0 Å². The summed E-state index contributed by atoms with van der Waals surface area (Å²) in [7, 11) is 1.81. The van der Waals surface area contributed by atoms with Crippen LogP contribution in [0.5, 0.6) is 0 Å². The standard InChI is InChI=1S/C15H16N4O2/c1-11-5-6-13(12(8-11)4-3-7-20)15(21)16-9-14-18-17-10-19(14)2/h5-6,8,10,20H,7,9H2,1-2H3,(H,16,21). The molecule has 1 heterocycles. The van der Waals surface area contributed by atoms with Crippen molar-refractivity contribution in [3.05, 3.63) is 47.0 Å². The van der Waals surface area contributed by atoms with Crippen LogP contribution < -0.4 is 5.32 Å². The Morgan fingerprint density at radius 3 is 2.95 bits per heavy atom. The fourth-order valence-corrected chi connectivity index (χ4v) is 1.82. The number of amides is 1. The van der Waals surface area contributed by atoms with Crippen LogP contribution in [-0.4, -0.2) is 32.4 Å². The number of aliphatic hydroxyl groups is 1. The number of aromatic nitrogens is 3. The largest absolute Gasteiger partial charge is 0.384 e. The van der Waals surface area contributed by atoms with E-state index in [1.165, 1.54) is 0 Å². The lowest BCUT2D eigenvalue weighted by molar-refractivity contribution is 0.0949. The third-order valence-electron chi connectivity index (χ3n) is 2.93. The Labute approximate surface area is 122 Å². The Balaban J connectivity index is 2.17. The summed E-state index contributed by atoms with van der Waals surface area (Å²) in [5.74, 6) is 5.79. The summed E-state index contributed by atoms with van der Waals surface area (Å²) in [6.45, 7) is 1.97. The van der Waals surface area contributed by atoms with Crippen LogP contribution in [-0.2, 0) is 13.6 Å². The molecule has 108 valence electrons. The number of nitrogens with one attached hydrogen (secondary N) is 1. The van der Waals surface area contributed by atoms with Crippen LogP contribution in [0.2, 0.25) is 0 Å². The fourth-order valence-electron chi connectivity index (χ4n) is 1.82. The van der Waals surface area contributed by atoms with E-state index >= 15 is 0 Å². The maximum absolute atomic E-state index is 12.2. The van der Waals surface area contributed by atoms with Gasteiger partial charge in [0.05, 0.1) is 12.1 Å². The number of carbonyl (C=O) groups excluding carboxylic acids is 1. The van der Waals surface area contributed by atoms with Crippen LogP contribution in [0, 0.1) is 18.8 Å². The highest BCUT2D eigenvalue weighted by atomic mass is 16.2. The lowest BCUT2D eigenvalue weighted by atomic mass is 10.0. The molecule has 0 atom stereocenters. The molecule has 21 heavy (non-hydrogen) atoms. The van der Waals surface area contributed by atoms with E-state index < -0.39 is 0 Å². The first-order valence-corrected chi connectivity index (χ1v) is 6.43. The highest BCUT2D eigenvalue weighted by Gasteiger charge is 2.11. The van der Waals surface area contributed by atoms with Gasteiger partial charge < -0.3 is 15.0 Å². The molecule has 2 aromatic rings. The number of nitrogens with zero attached hydrogens (tertiary/aromatic N) is 3. The Morgan fingerprint density at radius 1 is 1.48 bits per heavy atom. The van der Waals surface area contributed by atoms with E-state index in [1.807, 2.05) is 26.1 Å². The highest BCUT2D eigenvalue weighted by molar-refractivity contribution is 5.96. The average Bonchev–Trinajstić information content (AvgIpc) is 2.88. The average molecular weight is 284 g/mol. The number of aliphatic hydroxyl groups excluding tert-OH is 1. The van der Waals surface area contributed by atoms with Crippen molar-refractivity contribution in [3.8, 4) is 11.8 Å². The minimum Gasteiger partial charge on any atom is -0.384 e. The predicted molar refractivity (Wildman–Crippen MR) is 77.3 cm³/mol. The van der Waals surface area contributed by atoms with Crippen molar-refractivity contribution in [2.45, 2.75) is 13.5 Å². The van der Waals surface area contributed by atoms with Crippen molar-refractivity contribution in [2.24, 2.45) is 7.05 Å². The van der Waals surface area contributed by atoms with Gasteiger partial charge in [-0.15, -0.1) is 10.2 Å². The normalized spacial score (nSPS) is 9.86. The maximum atomic E-state index is 12.2. The second-order valence-electron chi connectivity index (χ2n) is 4.55. The summed E-state index contributed by atoms with van der Waals surface area (Å²) in [5, 5.41) is 19.2. The molecule has 6 heteroatoms. The molecule has 0 unspecified atom stereocenters. The van der Waals surface area contributed by atoms with E-state index in [9.17, 15) is 4.79 Å². The molecular formula is C15H16N4O2. The van der Waals surface area contributed by atoms with Crippen molar-refractivity contribution in [1.82, 2.24) is 20.1 Å². The number of benzene rings is 1. The molecular weight excluding hydrogens is 268 g/mol. The molecule has 1 aromatic carbocycles. The zero-order valence-corrected chi connectivity index (χ0v) is 11.9. The smallest absolute Gasteiger partial charge is 0.252 e. The molecule has 0 radical (unpaired) electrons. The topological polar surface area (TPSA) is 80.0 Å². The zero-order chi connectivity index (χ0) is 15.2. The van der Waals surface area contributed by atoms with Crippen LogP contribution in [0.3, 0.4) is 0 Å². The Hall–Kier alpha value is -2.65. The van der Waals surface area contributed by atoms with Crippen molar-refractivity contribution in [1.29, 1.82) is 0 Å². The molecule has 2 rings (SSSR count). The molecule has 0 aliphatic carbocycles. The van der Waals surface area contributed by atoms with Gasteiger partial charge in [-0.2, -0.15) is 0 Å². The van der Waals surface area contributed by atoms with E-state index in [1.54, 1.807) is 17.0 Å². The summed E-state index contributed by atoms with van der Waals surface area (Å²) in [6, 6.07) is 5.39. The Kier molecular flexibility index (Phi) is 4.69. The van der Waals surface area contributed by atoms with Gasteiger partial charge in [-0.3, -0.25) is 4.79 Å². The van der Waals surface area contributed by atoms with E-state index in [0.717, 1.165) is 5.56 Å². The van der Waals surface area contributed by atoms with E-state index in [-0.39, 0.29) is 19.1 Å². The molecule has 0 aliphatic rings. The molecule has 1 amide bonds. The Bertz CT molecular complexity index is 710. The number of rotatable bonds is 3. The third kappa shape index (κ3) is 3.68. The number of hydrogen-bond acceptors (Lipinski definition) is 4. The first-order valence-electron chi connectivity index (χ1n) is 6.43. The minimum absolute atomic E-state index is 0.236. The van der Waals surface area contributed by atoms with E-state index in [0.29, 0.717) is 17.0 Å². The van der Waals surface area contributed by atoms with Gasteiger partial charge in [-0.25, -0.2) is 0 Å². The van der Waals surface area contributed by atoms with Crippen molar-refractivity contribution >= 4 is 5.91 Å². The molecule has 0 spiro atoms. The maximum Gasteiger partial charge on any atom is 0.252 e. The SMILES string of the molecule is Cc1ccc(C(=O)NCc2nncn2C)c(C#CCO)c1. The van der Waals surface area contributed by atoms with Crippen LogP contribution in [0.25, 0.3) is 0 Å². The van der Waals surface area contributed by atoms with E-state index in [4.69, 9.17) is 5.11 Å². The van der Waals surface area contributed by atoms with Crippen molar-refractivity contribution in [2.75, 3.05) is 6.61 Å². The fraction of sp³-hybridized carbons (Fsp3) is 0.267. The molecule has 0 saturated heterocycles. The molecule has 2 N–H and O–H groups in total. The van der Waals surface area contributed by atoms with Gasteiger partial charge in [-0.05, 0) is 24.6 Å². The Morgan fingerprint density at radius 2 is 2.29 bits per heavy atom. The van der Waals surface area contributed by atoms with Gasteiger partial charge in [0, 0.05) is 12.6 Å². The number of aryl methyl sites for hydroxylation is 2. The summed E-state index contributed by atoms with van der Waals surface area (Å²) in [5.41, 5.74) is 2.07. The van der Waals surface area contributed by atoms with Crippen LogP contribution in [0.4, 0.5) is 0 Å². The first-order chi connectivity index (χ1) is 10.1. The van der Waals surface area contributed by atoms with Gasteiger partial charge in [0.15, 0.2) is 5.82 Å². The quantitative estimate of drug-likeness (QED) is 0.799. The van der Waals surface area contributed by atoms with Gasteiger partial charge in [-0.1, -0.05) is 17.9 Å². The minimum atomic E-state index is -0.242. The van der Waals surface area contributed by atoms with Crippen LogP contribution in [0.1, 0.15) is 27.3 Å². The zero-order valence-electron chi connectivity index (χ0n) is 11.9. The van der Waals surface area contributed by atoms with Gasteiger partial charge in [0.2, 0.25) is 0 Å². The monoisotopic (exact) mass is 284 g/mol. The predicted octanol–water partition coefficient (Wildman–Crippen LogP) is 0.397. The molecule has 0 aliphatic heterocycles. The summed E-state index contributed by atoms with van der Waals surface area (Å²) in [4.78, 5) is 12.2. The van der Waals surface area contributed by atoms with Gasteiger partial charge >= 0.3 is 0 Å². The van der Waals surface area contributed by atoms with Crippen LogP contribution in [0.15, 0.2) is 24.5 Å². The number of carbonyl (C=O) groups is 1. The first kappa shape index (κ1) is 14.8. The van der Waals surface area contributed by atoms with Gasteiger partial charge in [0.1, 0.15) is 12.9 Å². The van der Waals surface area contributed by atoms with Gasteiger partial charge in [0.25, 0.3) is 5.91 Å². The lowest BCUT2D eigenvalue weighted by Gasteiger charge is -2.07. The second-order valence-corrected chi connectivity index (χ2v) is 4.55. The summed E-state index contributed by atoms with van der Waals surface area (Å²) >= 11 is 0. The number of hydrogen-bond donors (Lipinski definition) is 2. The molecule has 0 saturated carbocycles. The third-order valence-corrected chi connectivity index (χ3v) is 2.93. The van der Waals surface area contributed by atoms with Crippen molar-refractivity contribution < 1.29 is 9.90 Å². The molecule has 6 nitrogen and oxygen atoms in total.